The van der Waals surface area contributed by atoms with Crippen molar-refractivity contribution in [2.45, 2.75) is 37.5 Å². The molecule has 0 bridgehead atoms. The highest BCUT2D eigenvalue weighted by Crippen LogP contribution is 2.40. The molecule has 0 amide bonds. The SMILES string of the molecule is c1ncc2cnn(C3CCC4(CC3)OCCO4)c2n1. The van der Waals surface area contributed by atoms with Gasteiger partial charge in [-0.2, -0.15) is 5.10 Å². The van der Waals surface area contributed by atoms with Gasteiger partial charge in [-0.1, -0.05) is 0 Å². The Bertz CT molecular complexity index is 581. The molecule has 19 heavy (non-hydrogen) atoms. The second-order valence-electron chi connectivity index (χ2n) is 5.23. The minimum absolute atomic E-state index is 0.311. The van der Waals surface area contributed by atoms with Crippen LogP contribution in [0.1, 0.15) is 31.7 Å². The first-order valence-electron chi connectivity index (χ1n) is 6.77. The zero-order valence-electron chi connectivity index (χ0n) is 10.7. The molecule has 100 valence electrons. The maximum atomic E-state index is 5.76. The van der Waals surface area contributed by atoms with Gasteiger partial charge in [0.1, 0.15) is 6.33 Å². The fourth-order valence-electron chi connectivity index (χ4n) is 3.14. The molecule has 0 atom stereocenters. The predicted molar refractivity (Wildman–Crippen MR) is 67.5 cm³/mol. The molecule has 2 aromatic heterocycles. The van der Waals surface area contributed by atoms with Gasteiger partial charge in [0, 0.05) is 19.0 Å². The molecule has 1 aliphatic heterocycles. The Balaban J connectivity index is 1.58. The molecule has 6 nitrogen and oxygen atoms in total. The summed E-state index contributed by atoms with van der Waals surface area (Å²) >= 11 is 0. The van der Waals surface area contributed by atoms with E-state index in [9.17, 15) is 0 Å². The number of ether oxygens (including phenoxy) is 2. The highest BCUT2D eigenvalue weighted by molar-refractivity contribution is 5.72. The van der Waals surface area contributed by atoms with Crippen molar-refractivity contribution in [3.63, 3.8) is 0 Å². The van der Waals surface area contributed by atoms with Gasteiger partial charge in [-0.05, 0) is 12.8 Å². The summed E-state index contributed by atoms with van der Waals surface area (Å²) in [7, 11) is 0. The van der Waals surface area contributed by atoms with E-state index in [2.05, 4.69) is 15.1 Å². The van der Waals surface area contributed by atoms with E-state index >= 15 is 0 Å². The maximum absolute atomic E-state index is 5.76. The van der Waals surface area contributed by atoms with Gasteiger partial charge in [0.15, 0.2) is 11.4 Å². The molecule has 4 rings (SSSR count). The number of nitrogens with zero attached hydrogens (tertiary/aromatic N) is 4. The average molecular weight is 260 g/mol. The molecule has 0 radical (unpaired) electrons. The van der Waals surface area contributed by atoms with E-state index in [4.69, 9.17) is 9.47 Å². The molecule has 1 saturated carbocycles. The van der Waals surface area contributed by atoms with Crippen LogP contribution in [0.5, 0.6) is 0 Å². The van der Waals surface area contributed by atoms with Crippen LogP contribution in [0.25, 0.3) is 11.0 Å². The van der Waals surface area contributed by atoms with Gasteiger partial charge in [0.05, 0.1) is 30.8 Å². The molecule has 0 N–H and O–H groups in total. The Kier molecular flexibility index (Phi) is 2.53. The van der Waals surface area contributed by atoms with E-state index in [0.29, 0.717) is 6.04 Å². The molecule has 2 aromatic rings. The lowest BCUT2D eigenvalue weighted by atomic mass is 9.90. The number of rotatable bonds is 1. The van der Waals surface area contributed by atoms with E-state index < -0.39 is 0 Å². The lowest BCUT2D eigenvalue weighted by Gasteiger charge is -2.35. The van der Waals surface area contributed by atoms with E-state index in [0.717, 1.165) is 49.9 Å². The Morgan fingerprint density at radius 2 is 1.95 bits per heavy atom. The average Bonchev–Trinajstić information content (AvgIpc) is 3.08. The molecule has 3 heterocycles. The van der Waals surface area contributed by atoms with E-state index in [-0.39, 0.29) is 5.79 Å². The molecule has 6 heteroatoms. The lowest BCUT2D eigenvalue weighted by molar-refractivity contribution is -0.181. The Hall–Kier alpha value is -1.53. The molecule has 2 fully saturated rings. The summed E-state index contributed by atoms with van der Waals surface area (Å²) in [5.74, 6) is -0.311. The third kappa shape index (κ3) is 1.82. The van der Waals surface area contributed by atoms with Gasteiger partial charge in [-0.3, -0.25) is 0 Å². The third-order valence-electron chi connectivity index (χ3n) is 4.13. The van der Waals surface area contributed by atoms with Gasteiger partial charge < -0.3 is 9.47 Å². The second kappa shape index (κ2) is 4.25. The van der Waals surface area contributed by atoms with Crippen LogP contribution in [-0.4, -0.2) is 38.7 Å². The van der Waals surface area contributed by atoms with Crippen LogP contribution < -0.4 is 0 Å². The molecule has 1 spiro atoms. The van der Waals surface area contributed by atoms with Crippen LogP contribution in [-0.2, 0) is 9.47 Å². The van der Waals surface area contributed by atoms with Crippen molar-refractivity contribution in [1.29, 1.82) is 0 Å². The lowest BCUT2D eigenvalue weighted by Crippen LogP contribution is -2.36. The topological polar surface area (TPSA) is 62.1 Å². The summed E-state index contributed by atoms with van der Waals surface area (Å²) in [5, 5.41) is 5.46. The minimum atomic E-state index is -0.311. The monoisotopic (exact) mass is 260 g/mol. The molecular weight excluding hydrogens is 244 g/mol. The zero-order chi connectivity index (χ0) is 12.7. The van der Waals surface area contributed by atoms with Crippen LogP contribution in [0, 0.1) is 0 Å². The van der Waals surface area contributed by atoms with Crippen LogP contribution in [0.2, 0.25) is 0 Å². The summed E-state index contributed by atoms with van der Waals surface area (Å²) in [5.41, 5.74) is 0.921. The highest BCUT2D eigenvalue weighted by atomic mass is 16.7. The van der Waals surface area contributed by atoms with Crippen molar-refractivity contribution in [2.24, 2.45) is 0 Å². The van der Waals surface area contributed by atoms with E-state index in [1.54, 1.807) is 12.5 Å². The van der Waals surface area contributed by atoms with Gasteiger partial charge in [-0.25, -0.2) is 14.6 Å². The minimum Gasteiger partial charge on any atom is -0.348 e. The summed E-state index contributed by atoms with van der Waals surface area (Å²) in [6, 6.07) is 0.380. The number of hydrogen-bond acceptors (Lipinski definition) is 5. The maximum Gasteiger partial charge on any atom is 0.168 e. The van der Waals surface area contributed by atoms with Crippen LogP contribution in [0.3, 0.4) is 0 Å². The largest absolute Gasteiger partial charge is 0.348 e. The van der Waals surface area contributed by atoms with Crippen molar-refractivity contribution >= 4 is 11.0 Å². The van der Waals surface area contributed by atoms with E-state index in [1.807, 2.05) is 10.9 Å². The predicted octanol–water partition coefficient (Wildman–Crippen LogP) is 1.68. The molecular formula is C13H16N4O2. The van der Waals surface area contributed by atoms with Crippen LogP contribution >= 0.6 is 0 Å². The number of aromatic nitrogens is 4. The molecule has 0 aromatic carbocycles. The molecule has 1 saturated heterocycles. The Labute approximate surface area is 110 Å². The van der Waals surface area contributed by atoms with Crippen molar-refractivity contribution < 1.29 is 9.47 Å². The van der Waals surface area contributed by atoms with Crippen molar-refractivity contribution in [3.8, 4) is 0 Å². The molecule has 0 unspecified atom stereocenters. The quantitative estimate of drug-likeness (QED) is 0.780. The van der Waals surface area contributed by atoms with Gasteiger partial charge >= 0.3 is 0 Å². The van der Waals surface area contributed by atoms with Crippen molar-refractivity contribution in [1.82, 2.24) is 19.7 Å². The molecule has 1 aliphatic carbocycles. The van der Waals surface area contributed by atoms with Gasteiger partial charge in [0.25, 0.3) is 0 Å². The summed E-state index contributed by atoms with van der Waals surface area (Å²) in [4.78, 5) is 8.36. The fourth-order valence-corrected chi connectivity index (χ4v) is 3.14. The number of fused-ring (bicyclic) bond motifs is 1. The Morgan fingerprint density at radius 3 is 2.74 bits per heavy atom. The highest BCUT2D eigenvalue weighted by Gasteiger charge is 2.41. The van der Waals surface area contributed by atoms with Crippen LogP contribution in [0.15, 0.2) is 18.7 Å². The van der Waals surface area contributed by atoms with Gasteiger partial charge in [0.2, 0.25) is 0 Å². The first-order chi connectivity index (χ1) is 9.36. The first kappa shape index (κ1) is 11.3. The summed E-state index contributed by atoms with van der Waals surface area (Å²) in [6.45, 7) is 1.45. The van der Waals surface area contributed by atoms with E-state index in [1.165, 1.54) is 0 Å². The summed E-state index contributed by atoms with van der Waals surface area (Å²) < 4.78 is 13.5. The Morgan fingerprint density at radius 1 is 1.16 bits per heavy atom. The zero-order valence-corrected chi connectivity index (χ0v) is 10.7. The van der Waals surface area contributed by atoms with Crippen LogP contribution in [0.4, 0.5) is 0 Å². The standard InChI is InChI=1S/C13H16N4O2/c1-3-13(18-5-6-19-13)4-2-11(1)17-12-10(8-16-17)7-14-9-15-12/h7-9,11H,1-6H2. The van der Waals surface area contributed by atoms with Gasteiger partial charge in [-0.15, -0.1) is 0 Å². The van der Waals surface area contributed by atoms with Crippen molar-refractivity contribution in [2.75, 3.05) is 13.2 Å². The fraction of sp³-hybridized carbons (Fsp3) is 0.615. The number of hydrogen-bond donors (Lipinski definition) is 0. The molecule has 2 aliphatic rings. The smallest absolute Gasteiger partial charge is 0.168 e. The summed E-state index contributed by atoms with van der Waals surface area (Å²) in [6.07, 6.45) is 9.12. The first-order valence-corrected chi connectivity index (χ1v) is 6.77. The van der Waals surface area contributed by atoms with Crippen molar-refractivity contribution in [3.05, 3.63) is 18.7 Å². The second-order valence-corrected chi connectivity index (χ2v) is 5.23. The normalized spacial score (nSPS) is 23.4. The third-order valence-corrected chi connectivity index (χ3v) is 4.13.